The van der Waals surface area contributed by atoms with E-state index in [1.807, 2.05) is 12.1 Å². The zero-order valence-corrected chi connectivity index (χ0v) is 12.6. The molecule has 1 aromatic rings. The molecule has 0 saturated heterocycles. The lowest BCUT2D eigenvalue weighted by Crippen LogP contribution is -2.37. The van der Waals surface area contributed by atoms with Crippen LogP contribution in [-0.4, -0.2) is 26.4 Å². The van der Waals surface area contributed by atoms with Gasteiger partial charge in [-0.05, 0) is 30.0 Å². The first kappa shape index (κ1) is 16.0. The Morgan fingerprint density at radius 1 is 1.16 bits per heavy atom. The molecule has 0 saturated carbocycles. The molecule has 0 aliphatic rings. The Kier molecular flexibility index (Phi) is 7.53. The van der Waals surface area contributed by atoms with E-state index >= 15 is 0 Å². The first-order valence-corrected chi connectivity index (χ1v) is 7.11. The highest BCUT2D eigenvalue weighted by atomic mass is 16.5. The fourth-order valence-electron chi connectivity index (χ4n) is 1.84. The van der Waals surface area contributed by atoms with Crippen molar-refractivity contribution >= 4 is 0 Å². The standard InChI is InChI=1S/C16H27NO2/c1-5-10-19-15-8-6-14(7-9-15)11-17-16(12-18-4)13(2)3/h6-9,13,16-17H,5,10-12H2,1-4H3. The summed E-state index contributed by atoms with van der Waals surface area (Å²) >= 11 is 0. The summed E-state index contributed by atoms with van der Waals surface area (Å²) in [6, 6.07) is 8.69. The Morgan fingerprint density at radius 2 is 1.84 bits per heavy atom. The minimum absolute atomic E-state index is 0.390. The first-order chi connectivity index (χ1) is 9.17. The lowest BCUT2D eigenvalue weighted by Gasteiger charge is -2.21. The Morgan fingerprint density at radius 3 is 2.37 bits per heavy atom. The van der Waals surface area contributed by atoms with E-state index in [9.17, 15) is 0 Å². The van der Waals surface area contributed by atoms with Crippen LogP contribution >= 0.6 is 0 Å². The summed E-state index contributed by atoms with van der Waals surface area (Å²) in [7, 11) is 1.75. The molecule has 0 aromatic heterocycles. The molecule has 1 rings (SSSR count). The van der Waals surface area contributed by atoms with Crippen LogP contribution < -0.4 is 10.1 Å². The van der Waals surface area contributed by atoms with Gasteiger partial charge in [0.25, 0.3) is 0 Å². The van der Waals surface area contributed by atoms with Crippen LogP contribution in [0.2, 0.25) is 0 Å². The Labute approximate surface area is 117 Å². The van der Waals surface area contributed by atoms with Crippen LogP contribution in [0.25, 0.3) is 0 Å². The molecule has 19 heavy (non-hydrogen) atoms. The van der Waals surface area contributed by atoms with Crippen molar-refractivity contribution in [2.24, 2.45) is 5.92 Å². The van der Waals surface area contributed by atoms with Crippen LogP contribution in [0.4, 0.5) is 0 Å². The average Bonchev–Trinajstić information content (AvgIpc) is 2.42. The predicted octanol–water partition coefficient (Wildman–Crippen LogP) is 3.24. The number of methoxy groups -OCH3 is 1. The van der Waals surface area contributed by atoms with Gasteiger partial charge in [0.15, 0.2) is 0 Å². The van der Waals surface area contributed by atoms with Crippen LogP contribution in [0.1, 0.15) is 32.8 Å². The van der Waals surface area contributed by atoms with Crippen molar-refractivity contribution in [1.82, 2.24) is 5.32 Å². The SMILES string of the molecule is CCCOc1ccc(CNC(COC)C(C)C)cc1. The van der Waals surface area contributed by atoms with Gasteiger partial charge in [-0.3, -0.25) is 0 Å². The molecular formula is C16H27NO2. The van der Waals surface area contributed by atoms with Crippen molar-refractivity contribution in [3.8, 4) is 5.75 Å². The predicted molar refractivity (Wildman–Crippen MR) is 79.6 cm³/mol. The third-order valence-corrected chi connectivity index (χ3v) is 3.12. The normalized spacial score (nSPS) is 12.7. The van der Waals surface area contributed by atoms with Crippen LogP contribution in [-0.2, 0) is 11.3 Å². The molecule has 1 N–H and O–H groups in total. The quantitative estimate of drug-likeness (QED) is 0.743. The molecular weight excluding hydrogens is 238 g/mol. The maximum absolute atomic E-state index is 5.57. The highest BCUT2D eigenvalue weighted by Gasteiger charge is 2.11. The van der Waals surface area contributed by atoms with E-state index in [1.54, 1.807) is 7.11 Å². The minimum atomic E-state index is 0.390. The van der Waals surface area contributed by atoms with Gasteiger partial charge < -0.3 is 14.8 Å². The fourth-order valence-corrected chi connectivity index (χ4v) is 1.84. The van der Waals surface area contributed by atoms with E-state index in [-0.39, 0.29) is 0 Å². The molecule has 0 aliphatic carbocycles. The van der Waals surface area contributed by atoms with E-state index in [4.69, 9.17) is 9.47 Å². The molecule has 0 amide bonds. The van der Waals surface area contributed by atoms with Gasteiger partial charge in [0.2, 0.25) is 0 Å². The summed E-state index contributed by atoms with van der Waals surface area (Å²) in [4.78, 5) is 0. The van der Waals surface area contributed by atoms with Crippen molar-refractivity contribution in [3.63, 3.8) is 0 Å². The summed E-state index contributed by atoms with van der Waals surface area (Å²) in [5.74, 6) is 1.51. The Balaban J connectivity index is 2.43. The number of hydrogen-bond donors (Lipinski definition) is 1. The van der Waals surface area contributed by atoms with Crippen molar-refractivity contribution in [3.05, 3.63) is 29.8 Å². The highest BCUT2D eigenvalue weighted by Crippen LogP contribution is 2.13. The maximum Gasteiger partial charge on any atom is 0.119 e. The maximum atomic E-state index is 5.57. The van der Waals surface area contributed by atoms with Gasteiger partial charge >= 0.3 is 0 Å². The molecule has 0 aliphatic heterocycles. The lowest BCUT2D eigenvalue weighted by molar-refractivity contribution is 0.146. The fraction of sp³-hybridized carbons (Fsp3) is 0.625. The van der Waals surface area contributed by atoms with Gasteiger partial charge in [-0.2, -0.15) is 0 Å². The third-order valence-electron chi connectivity index (χ3n) is 3.12. The van der Waals surface area contributed by atoms with Crippen LogP contribution in [0.15, 0.2) is 24.3 Å². The number of rotatable bonds is 9. The molecule has 0 spiro atoms. The van der Waals surface area contributed by atoms with Gasteiger partial charge in [-0.1, -0.05) is 32.9 Å². The molecule has 3 heteroatoms. The smallest absolute Gasteiger partial charge is 0.119 e. The number of hydrogen-bond acceptors (Lipinski definition) is 3. The van der Waals surface area contributed by atoms with Crippen LogP contribution in [0, 0.1) is 5.92 Å². The zero-order chi connectivity index (χ0) is 14.1. The third kappa shape index (κ3) is 6.08. The molecule has 0 heterocycles. The van der Waals surface area contributed by atoms with Crippen molar-refractivity contribution in [1.29, 1.82) is 0 Å². The molecule has 1 aromatic carbocycles. The average molecular weight is 265 g/mol. The largest absolute Gasteiger partial charge is 0.494 e. The van der Waals surface area contributed by atoms with E-state index in [0.29, 0.717) is 12.0 Å². The number of benzene rings is 1. The summed E-state index contributed by atoms with van der Waals surface area (Å²) in [5.41, 5.74) is 1.27. The molecule has 1 unspecified atom stereocenters. The van der Waals surface area contributed by atoms with Gasteiger partial charge in [-0.25, -0.2) is 0 Å². The molecule has 3 nitrogen and oxygen atoms in total. The van der Waals surface area contributed by atoms with E-state index in [1.165, 1.54) is 5.56 Å². The number of ether oxygens (including phenoxy) is 2. The second kappa shape index (κ2) is 8.94. The summed E-state index contributed by atoms with van der Waals surface area (Å²) in [5, 5.41) is 3.53. The lowest BCUT2D eigenvalue weighted by atomic mass is 10.0. The number of nitrogens with one attached hydrogen (secondary N) is 1. The van der Waals surface area contributed by atoms with Crippen molar-refractivity contribution in [2.75, 3.05) is 20.3 Å². The molecule has 0 bridgehead atoms. The molecule has 0 fully saturated rings. The zero-order valence-electron chi connectivity index (χ0n) is 12.6. The monoisotopic (exact) mass is 265 g/mol. The van der Waals surface area contributed by atoms with Crippen LogP contribution in [0.5, 0.6) is 5.75 Å². The molecule has 108 valence electrons. The Hall–Kier alpha value is -1.06. The van der Waals surface area contributed by atoms with Gasteiger partial charge in [0.1, 0.15) is 5.75 Å². The topological polar surface area (TPSA) is 30.5 Å². The Bertz CT molecular complexity index is 335. The van der Waals surface area contributed by atoms with Gasteiger partial charge in [-0.15, -0.1) is 0 Å². The molecule has 1 atom stereocenters. The highest BCUT2D eigenvalue weighted by molar-refractivity contribution is 5.27. The summed E-state index contributed by atoms with van der Waals surface area (Å²) < 4.78 is 10.8. The van der Waals surface area contributed by atoms with Crippen molar-refractivity contribution in [2.45, 2.75) is 39.8 Å². The van der Waals surface area contributed by atoms with Crippen LogP contribution in [0.3, 0.4) is 0 Å². The van der Waals surface area contributed by atoms with Crippen molar-refractivity contribution < 1.29 is 9.47 Å². The van der Waals surface area contributed by atoms with E-state index < -0.39 is 0 Å². The van der Waals surface area contributed by atoms with E-state index in [2.05, 4.69) is 38.2 Å². The van der Waals surface area contributed by atoms with Gasteiger partial charge in [0.05, 0.1) is 13.2 Å². The summed E-state index contributed by atoms with van der Waals surface area (Å²) in [6.45, 7) is 8.91. The minimum Gasteiger partial charge on any atom is -0.494 e. The second-order valence-corrected chi connectivity index (χ2v) is 5.18. The second-order valence-electron chi connectivity index (χ2n) is 5.18. The van der Waals surface area contributed by atoms with E-state index in [0.717, 1.165) is 31.9 Å². The summed E-state index contributed by atoms with van der Waals surface area (Å²) in [6.07, 6.45) is 1.04. The first-order valence-electron chi connectivity index (χ1n) is 7.11. The molecule has 0 radical (unpaired) electrons. The van der Waals surface area contributed by atoms with Gasteiger partial charge in [0, 0.05) is 19.7 Å².